The first-order chi connectivity index (χ1) is 9.72. The zero-order valence-corrected chi connectivity index (χ0v) is 10.6. The summed E-state index contributed by atoms with van der Waals surface area (Å²) in [5.74, 6) is -0.235. The number of carbonyl (C=O) groups is 1. The van der Waals surface area contributed by atoms with Crippen LogP contribution in [0.4, 0.5) is 5.69 Å². The van der Waals surface area contributed by atoms with Crippen molar-refractivity contribution >= 4 is 22.4 Å². The van der Waals surface area contributed by atoms with Gasteiger partial charge in [0, 0.05) is 17.8 Å². The molecule has 0 aliphatic heterocycles. The molecule has 0 bridgehead atoms. The largest absolute Gasteiger partial charge is 0.619 e. The SMILES string of the molecule is O=C(Nc1ccc2ccccc2c1)c1cc[n+]([O-])cc1. The molecule has 0 atom stereocenters. The predicted octanol–water partition coefficient (Wildman–Crippen LogP) is 2.73. The number of hydrogen-bond donors (Lipinski definition) is 1. The summed E-state index contributed by atoms with van der Waals surface area (Å²) in [6.45, 7) is 0. The van der Waals surface area contributed by atoms with E-state index in [-0.39, 0.29) is 5.91 Å². The average Bonchev–Trinajstić information content (AvgIpc) is 2.48. The van der Waals surface area contributed by atoms with Crippen molar-refractivity contribution in [2.75, 3.05) is 5.32 Å². The Labute approximate surface area is 115 Å². The lowest BCUT2D eigenvalue weighted by atomic mass is 10.1. The Morgan fingerprint density at radius 2 is 1.65 bits per heavy atom. The third-order valence-corrected chi connectivity index (χ3v) is 3.07. The van der Waals surface area contributed by atoms with Crippen LogP contribution in [0.25, 0.3) is 10.8 Å². The molecule has 0 radical (unpaired) electrons. The van der Waals surface area contributed by atoms with E-state index in [0.29, 0.717) is 10.3 Å². The van der Waals surface area contributed by atoms with Gasteiger partial charge >= 0.3 is 0 Å². The standard InChI is InChI=1S/C16H12N2O2/c19-16(13-7-9-18(20)10-8-13)17-15-6-5-12-3-1-2-4-14(12)11-15/h1-11H,(H,17,19). The van der Waals surface area contributed by atoms with Crippen molar-refractivity contribution in [2.45, 2.75) is 0 Å². The Morgan fingerprint density at radius 3 is 2.40 bits per heavy atom. The molecule has 0 saturated heterocycles. The predicted molar refractivity (Wildman–Crippen MR) is 77.3 cm³/mol. The third-order valence-electron chi connectivity index (χ3n) is 3.07. The molecule has 98 valence electrons. The lowest BCUT2D eigenvalue weighted by Gasteiger charge is -2.06. The first-order valence-electron chi connectivity index (χ1n) is 6.21. The van der Waals surface area contributed by atoms with Gasteiger partial charge in [-0.15, -0.1) is 0 Å². The molecule has 20 heavy (non-hydrogen) atoms. The fourth-order valence-corrected chi connectivity index (χ4v) is 2.03. The smallest absolute Gasteiger partial charge is 0.256 e. The molecule has 1 amide bonds. The summed E-state index contributed by atoms with van der Waals surface area (Å²) in [5.41, 5.74) is 1.18. The second kappa shape index (κ2) is 5.01. The molecular weight excluding hydrogens is 252 g/mol. The molecule has 1 heterocycles. The number of nitrogens with zero attached hydrogens (tertiary/aromatic N) is 1. The van der Waals surface area contributed by atoms with Gasteiger partial charge in [0.15, 0.2) is 12.4 Å². The number of hydrogen-bond acceptors (Lipinski definition) is 2. The lowest BCUT2D eigenvalue weighted by molar-refractivity contribution is -0.605. The molecule has 3 aromatic rings. The quantitative estimate of drug-likeness (QED) is 0.571. The maximum Gasteiger partial charge on any atom is 0.256 e. The second-order valence-corrected chi connectivity index (χ2v) is 4.46. The fraction of sp³-hybridized carbons (Fsp3) is 0. The van der Waals surface area contributed by atoms with Crippen molar-refractivity contribution in [1.29, 1.82) is 0 Å². The summed E-state index contributed by atoms with van der Waals surface area (Å²) in [7, 11) is 0. The van der Waals surface area contributed by atoms with Crippen molar-refractivity contribution < 1.29 is 9.52 Å². The number of pyridine rings is 1. The van der Waals surface area contributed by atoms with Crippen molar-refractivity contribution in [3.8, 4) is 0 Å². The number of rotatable bonds is 2. The Hall–Kier alpha value is -2.88. The van der Waals surface area contributed by atoms with Gasteiger partial charge in [-0.1, -0.05) is 30.3 Å². The van der Waals surface area contributed by atoms with E-state index in [4.69, 9.17) is 0 Å². The van der Waals surface area contributed by atoms with Crippen molar-refractivity contribution in [3.05, 3.63) is 77.8 Å². The van der Waals surface area contributed by atoms with E-state index >= 15 is 0 Å². The minimum atomic E-state index is -0.235. The monoisotopic (exact) mass is 264 g/mol. The van der Waals surface area contributed by atoms with Crippen LogP contribution in [0, 0.1) is 5.21 Å². The molecular formula is C16H12N2O2. The summed E-state index contributed by atoms with van der Waals surface area (Å²) in [6, 6.07) is 16.7. The number of nitrogens with one attached hydrogen (secondary N) is 1. The Bertz CT molecular complexity index is 767. The Kier molecular flexibility index (Phi) is 3.05. The van der Waals surface area contributed by atoms with Gasteiger partial charge in [-0.05, 0) is 22.9 Å². The summed E-state index contributed by atoms with van der Waals surface area (Å²) in [6.07, 6.45) is 2.60. The lowest BCUT2D eigenvalue weighted by Crippen LogP contribution is -2.25. The van der Waals surface area contributed by atoms with Crippen LogP contribution >= 0.6 is 0 Å². The van der Waals surface area contributed by atoms with E-state index in [2.05, 4.69) is 5.32 Å². The van der Waals surface area contributed by atoms with E-state index in [9.17, 15) is 10.0 Å². The van der Waals surface area contributed by atoms with Crippen LogP contribution in [-0.2, 0) is 0 Å². The molecule has 0 aliphatic rings. The number of aromatic nitrogens is 1. The number of benzene rings is 2. The normalized spacial score (nSPS) is 10.4. The number of amides is 1. The van der Waals surface area contributed by atoms with Crippen LogP contribution in [0.5, 0.6) is 0 Å². The van der Waals surface area contributed by atoms with E-state index in [1.807, 2.05) is 42.5 Å². The molecule has 0 spiro atoms. The average molecular weight is 264 g/mol. The molecule has 0 unspecified atom stereocenters. The molecule has 4 heteroatoms. The van der Waals surface area contributed by atoms with Gasteiger partial charge < -0.3 is 10.5 Å². The molecule has 4 nitrogen and oxygen atoms in total. The molecule has 1 N–H and O–H groups in total. The van der Waals surface area contributed by atoms with Crippen LogP contribution in [0.1, 0.15) is 10.4 Å². The minimum Gasteiger partial charge on any atom is -0.619 e. The van der Waals surface area contributed by atoms with Crippen molar-refractivity contribution in [3.63, 3.8) is 0 Å². The third kappa shape index (κ3) is 2.44. The van der Waals surface area contributed by atoms with Crippen LogP contribution in [0.3, 0.4) is 0 Å². The highest BCUT2D eigenvalue weighted by Crippen LogP contribution is 2.19. The summed E-state index contributed by atoms with van der Waals surface area (Å²) in [5, 5.41) is 15.9. The van der Waals surface area contributed by atoms with Crippen LogP contribution in [0.15, 0.2) is 67.0 Å². The van der Waals surface area contributed by atoms with Gasteiger partial charge in [0.2, 0.25) is 0 Å². The van der Waals surface area contributed by atoms with Crippen LogP contribution in [-0.4, -0.2) is 5.91 Å². The molecule has 1 aromatic heterocycles. The van der Waals surface area contributed by atoms with Gasteiger partial charge in [-0.3, -0.25) is 4.79 Å². The Morgan fingerprint density at radius 1 is 0.950 bits per heavy atom. The number of fused-ring (bicyclic) bond motifs is 1. The number of carbonyl (C=O) groups excluding carboxylic acids is 1. The number of anilines is 1. The molecule has 0 fully saturated rings. The second-order valence-electron chi connectivity index (χ2n) is 4.46. The highest BCUT2D eigenvalue weighted by Gasteiger charge is 2.07. The van der Waals surface area contributed by atoms with Gasteiger partial charge in [-0.25, -0.2) is 0 Å². The molecule has 0 saturated carbocycles. The highest BCUT2D eigenvalue weighted by atomic mass is 16.5. The van der Waals surface area contributed by atoms with Gasteiger partial charge in [0.25, 0.3) is 5.91 Å². The van der Waals surface area contributed by atoms with Crippen molar-refractivity contribution in [2.24, 2.45) is 0 Å². The van der Waals surface area contributed by atoms with E-state index in [0.717, 1.165) is 16.5 Å². The maximum atomic E-state index is 12.0. The molecule has 0 aliphatic carbocycles. The first-order valence-corrected chi connectivity index (χ1v) is 6.21. The summed E-state index contributed by atoms with van der Waals surface area (Å²) < 4.78 is 0.646. The van der Waals surface area contributed by atoms with Gasteiger partial charge in [0.05, 0.1) is 5.56 Å². The maximum absolute atomic E-state index is 12.0. The zero-order chi connectivity index (χ0) is 13.9. The molecule has 2 aromatic carbocycles. The van der Waals surface area contributed by atoms with Gasteiger partial charge in [-0.2, -0.15) is 4.73 Å². The van der Waals surface area contributed by atoms with Crippen LogP contribution in [0.2, 0.25) is 0 Å². The Balaban J connectivity index is 1.85. The highest BCUT2D eigenvalue weighted by molar-refractivity contribution is 6.05. The van der Waals surface area contributed by atoms with Gasteiger partial charge in [0.1, 0.15) is 0 Å². The van der Waals surface area contributed by atoms with E-state index in [1.54, 1.807) is 0 Å². The van der Waals surface area contributed by atoms with Crippen LogP contribution < -0.4 is 10.0 Å². The minimum absolute atomic E-state index is 0.235. The fourth-order valence-electron chi connectivity index (χ4n) is 2.03. The first kappa shape index (κ1) is 12.2. The summed E-state index contributed by atoms with van der Waals surface area (Å²) in [4.78, 5) is 12.0. The van der Waals surface area contributed by atoms with Crippen molar-refractivity contribution in [1.82, 2.24) is 0 Å². The van der Waals surface area contributed by atoms with E-state index in [1.165, 1.54) is 24.5 Å². The van der Waals surface area contributed by atoms with E-state index < -0.39 is 0 Å². The molecule has 3 rings (SSSR count). The zero-order valence-electron chi connectivity index (χ0n) is 10.6. The summed E-state index contributed by atoms with van der Waals surface area (Å²) >= 11 is 0. The topological polar surface area (TPSA) is 56.0 Å².